The van der Waals surface area contributed by atoms with Crippen LogP contribution in [0.2, 0.25) is 5.02 Å². The summed E-state index contributed by atoms with van der Waals surface area (Å²) in [6.07, 6.45) is 1.06. The van der Waals surface area contributed by atoms with Crippen molar-refractivity contribution in [3.8, 4) is 6.07 Å². The molecule has 0 bridgehead atoms. The van der Waals surface area contributed by atoms with Crippen molar-refractivity contribution in [1.29, 1.82) is 5.26 Å². The standard InChI is InChI=1S/C20H17ClN2OS/c21-18-16-9-4-5-10-17(16)25-19(18)20(24)23(13-6-12-22)14-11-15-7-2-1-3-8-15/h1-5,7-10H,6,11,13-14H2. The van der Waals surface area contributed by atoms with Crippen molar-refractivity contribution in [1.82, 2.24) is 4.90 Å². The fourth-order valence-electron chi connectivity index (χ4n) is 2.70. The Morgan fingerprint density at radius 3 is 2.52 bits per heavy atom. The maximum Gasteiger partial charge on any atom is 0.265 e. The third-order valence-electron chi connectivity index (χ3n) is 4.02. The molecule has 0 aliphatic rings. The minimum absolute atomic E-state index is 0.0996. The van der Waals surface area contributed by atoms with Crippen LogP contribution in [0.4, 0.5) is 0 Å². The molecule has 0 unspecified atom stereocenters. The average molecular weight is 369 g/mol. The smallest absolute Gasteiger partial charge is 0.265 e. The summed E-state index contributed by atoms with van der Waals surface area (Å²) < 4.78 is 0.999. The number of rotatable bonds is 6. The minimum Gasteiger partial charge on any atom is -0.337 e. The second kappa shape index (κ2) is 8.15. The number of carbonyl (C=O) groups is 1. The van der Waals surface area contributed by atoms with E-state index in [9.17, 15) is 4.79 Å². The first kappa shape index (κ1) is 17.5. The molecule has 3 rings (SSSR count). The zero-order valence-corrected chi connectivity index (χ0v) is 15.2. The molecule has 5 heteroatoms. The second-order valence-electron chi connectivity index (χ2n) is 5.68. The van der Waals surface area contributed by atoms with Gasteiger partial charge in [-0.1, -0.05) is 60.1 Å². The first-order chi connectivity index (χ1) is 12.2. The Morgan fingerprint density at radius 2 is 1.80 bits per heavy atom. The Labute approximate surface area is 156 Å². The van der Waals surface area contributed by atoms with Crippen molar-refractivity contribution in [2.75, 3.05) is 13.1 Å². The van der Waals surface area contributed by atoms with Gasteiger partial charge in [0.25, 0.3) is 5.91 Å². The number of fused-ring (bicyclic) bond motifs is 1. The monoisotopic (exact) mass is 368 g/mol. The molecule has 0 saturated carbocycles. The molecule has 1 amide bonds. The van der Waals surface area contributed by atoms with E-state index in [-0.39, 0.29) is 5.91 Å². The summed E-state index contributed by atoms with van der Waals surface area (Å²) in [6.45, 7) is 0.974. The van der Waals surface area contributed by atoms with Gasteiger partial charge >= 0.3 is 0 Å². The fraction of sp³-hybridized carbons (Fsp3) is 0.200. The molecule has 0 saturated heterocycles. The minimum atomic E-state index is -0.0996. The number of thiophene rings is 1. The molecule has 0 spiro atoms. The first-order valence-electron chi connectivity index (χ1n) is 8.08. The number of carbonyl (C=O) groups excluding carboxylic acids is 1. The molecule has 25 heavy (non-hydrogen) atoms. The Bertz CT molecular complexity index is 914. The lowest BCUT2D eigenvalue weighted by Crippen LogP contribution is -2.33. The third-order valence-corrected chi connectivity index (χ3v) is 5.69. The molecule has 3 nitrogen and oxygen atoms in total. The Hall–Kier alpha value is -2.35. The van der Waals surface area contributed by atoms with Gasteiger partial charge in [0.1, 0.15) is 4.88 Å². The van der Waals surface area contributed by atoms with Crippen LogP contribution in [0.15, 0.2) is 54.6 Å². The highest BCUT2D eigenvalue weighted by Gasteiger charge is 2.22. The van der Waals surface area contributed by atoms with E-state index in [0.717, 1.165) is 16.5 Å². The molecule has 0 aliphatic carbocycles. The lowest BCUT2D eigenvalue weighted by Gasteiger charge is -2.21. The van der Waals surface area contributed by atoms with Gasteiger partial charge in [0, 0.05) is 23.2 Å². The highest BCUT2D eigenvalue weighted by Crippen LogP contribution is 2.35. The van der Waals surface area contributed by atoms with Gasteiger partial charge in [-0.25, -0.2) is 0 Å². The molecule has 0 N–H and O–H groups in total. The van der Waals surface area contributed by atoms with E-state index in [2.05, 4.69) is 6.07 Å². The van der Waals surface area contributed by atoms with Crippen molar-refractivity contribution in [3.05, 3.63) is 70.1 Å². The van der Waals surface area contributed by atoms with Crippen molar-refractivity contribution in [3.63, 3.8) is 0 Å². The van der Waals surface area contributed by atoms with Gasteiger partial charge in [-0.05, 0) is 18.1 Å². The van der Waals surface area contributed by atoms with E-state index in [1.165, 1.54) is 16.9 Å². The number of halogens is 1. The lowest BCUT2D eigenvalue weighted by molar-refractivity contribution is 0.0766. The van der Waals surface area contributed by atoms with Crippen LogP contribution in [-0.2, 0) is 6.42 Å². The molecule has 0 radical (unpaired) electrons. The molecule has 126 valence electrons. The second-order valence-corrected chi connectivity index (χ2v) is 7.11. The van der Waals surface area contributed by atoms with E-state index in [0.29, 0.717) is 29.4 Å². The molecule has 3 aromatic rings. The summed E-state index contributed by atoms with van der Waals surface area (Å²) in [5, 5.41) is 10.3. The van der Waals surface area contributed by atoms with Crippen molar-refractivity contribution >= 4 is 38.9 Å². The zero-order valence-electron chi connectivity index (χ0n) is 13.6. The van der Waals surface area contributed by atoms with Crippen LogP contribution in [0, 0.1) is 11.3 Å². The fourth-order valence-corrected chi connectivity index (χ4v) is 4.18. The van der Waals surface area contributed by atoms with Crippen LogP contribution in [0.3, 0.4) is 0 Å². The zero-order chi connectivity index (χ0) is 17.6. The van der Waals surface area contributed by atoms with E-state index in [1.54, 1.807) is 4.90 Å². The molecule has 1 aromatic heterocycles. The number of hydrogen-bond donors (Lipinski definition) is 0. The number of nitriles is 1. The molecule has 0 fully saturated rings. The molecular formula is C20H17ClN2OS. The summed E-state index contributed by atoms with van der Waals surface area (Å²) in [4.78, 5) is 15.3. The van der Waals surface area contributed by atoms with Gasteiger partial charge in [0.2, 0.25) is 0 Å². The van der Waals surface area contributed by atoms with E-state index >= 15 is 0 Å². The van der Waals surface area contributed by atoms with E-state index in [4.69, 9.17) is 16.9 Å². The summed E-state index contributed by atoms with van der Waals surface area (Å²) in [5.74, 6) is -0.0996. The highest BCUT2D eigenvalue weighted by molar-refractivity contribution is 7.21. The summed E-state index contributed by atoms with van der Waals surface area (Å²) >= 11 is 7.85. The SMILES string of the molecule is N#CCCN(CCc1ccccc1)C(=O)c1sc2ccccc2c1Cl. The number of hydrogen-bond acceptors (Lipinski definition) is 3. The largest absolute Gasteiger partial charge is 0.337 e. The quantitative estimate of drug-likeness (QED) is 0.603. The predicted octanol–water partition coefficient (Wildman–Crippen LogP) is 5.15. The van der Waals surface area contributed by atoms with Gasteiger partial charge in [0.05, 0.1) is 17.5 Å². The number of nitrogens with zero attached hydrogens (tertiary/aromatic N) is 2. The maximum atomic E-state index is 13.0. The lowest BCUT2D eigenvalue weighted by atomic mass is 10.1. The Balaban J connectivity index is 1.82. The molecule has 0 aliphatic heterocycles. The predicted molar refractivity (Wildman–Crippen MR) is 103 cm³/mol. The van der Waals surface area contributed by atoms with Gasteiger partial charge in [0.15, 0.2) is 0 Å². The van der Waals surface area contributed by atoms with Crippen LogP contribution < -0.4 is 0 Å². The highest BCUT2D eigenvalue weighted by atomic mass is 35.5. The summed E-state index contributed by atoms with van der Waals surface area (Å²) in [6, 6.07) is 19.9. The van der Waals surface area contributed by atoms with Crippen LogP contribution in [0.1, 0.15) is 21.7 Å². The first-order valence-corrected chi connectivity index (χ1v) is 9.27. The molecule has 1 heterocycles. The average Bonchev–Trinajstić information content (AvgIpc) is 2.99. The number of amides is 1. The van der Waals surface area contributed by atoms with Gasteiger partial charge in [-0.15, -0.1) is 11.3 Å². The molecule has 2 aromatic carbocycles. The molecule has 0 atom stereocenters. The van der Waals surface area contributed by atoms with Crippen molar-refractivity contribution in [2.45, 2.75) is 12.8 Å². The normalized spacial score (nSPS) is 10.6. The van der Waals surface area contributed by atoms with Gasteiger partial charge in [-0.3, -0.25) is 4.79 Å². The Kier molecular flexibility index (Phi) is 5.70. The van der Waals surface area contributed by atoms with E-state index < -0.39 is 0 Å². The molecular weight excluding hydrogens is 352 g/mol. The van der Waals surface area contributed by atoms with Crippen LogP contribution in [0.25, 0.3) is 10.1 Å². The van der Waals surface area contributed by atoms with Crippen LogP contribution in [-0.4, -0.2) is 23.9 Å². The van der Waals surface area contributed by atoms with E-state index in [1.807, 2.05) is 54.6 Å². The summed E-state index contributed by atoms with van der Waals surface area (Å²) in [5.41, 5.74) is 1.17. The summed E-state index contributed by atoms with van der Waals surface area (Å²) in [7, 11) is 0. The van der Waals surface area contributed by atoms with Crippen molar-refractivity contribution < 1.29 is 4.79 Å². The number of benzene rings is 2. The van der Waals surface area contributed by atoms with Crippen LogP contribution >= 0.6 is 22.9 Å². The topological polar surface area (TPSA) is 44.1 Å². The van der Waals surface area contributed by atoms with Gasteiger partial charge < -0.3 is 4.90 Å². The van der Waals surface area contributed by atoms with Crippen LogP contribution in [0.5, 0.6) is 0 Å². The van der Waals surface area contributed by atoms with Gasteiger partial charge in [-0.2, -0.15) is 5.26 Å². The van der Waals surface area contributed by atoms with Crippen molar-refractivity contribution in [2.24, 2.45) is 0 Å². The maximum absolute atomic E-state index is 13.0. The third kappa shape index (κ3) is 4.01. The Morgan fingerprint density at radius 1 is 1.08 bits per heavy atom.